The summed E-state index contributed by atoms with van der Waals surface area (Å²) in [5, 5.41) is 9.50. The largest absolute Gasteiger partial charge is 0.396 e. The molecule has 0 heterocycles. The van der Waals surface area contributed by atoms with Crippen molar-refractivity contribution in [3.8, 4) is 0 Å². The van der Waals surface area contributed by atoms with E-state index in [-0.39, 0.29) is 17.8 Å². The second-order valence-corrected chi connectivity index (χ2v) is 7.74. The van der Waals surface area contributed by atoms with Crippen molar-refractivity contribution in [1.82, 2.24) is 4.72 Å². The molecule has 2 rings (SSSR count). The van der Waals surface area contributed by atoms with Crippen LogP contribution >= 0.6 is 0 Å². The van der Waals surface area contributed by atoms with Gasteiger partial charge in [-0.15, -0.1) is 0 Å². The first-order chi connectivity index (χ1) is 9.45. The molecule has 1 aliphatic carbocycles. The van der Waals surface area contributed by atoms with Gasteiger partial charge in [-0.25, -0.2) is 13.1 Å². The Labute approximate surface area is 121 Å². The third kappa shape index (κ3) is 4.04. The van der Waals surface area contributed by atoms with Crippen molar-refractivity contribution < 1.29 is 13.5 Å². The molecule has 0 saturated heterocycles. The van der Waals surface area contributed by atoms with Gasteiger partial charge in [0, 0.05) is 18.6 Å². The molecular weight excluding hydrogens is 274 g/mol. The number of aliphatic hydroxyl groups is 1. The maximum atomic E-state index is 12.1. The summed E-state index contributed by atoms with van der Waals surface area (Å²) in [4.78, 5) is 0. The van der Waals surface area contributed by atoms with Crippen molar-refractivity contribution in [1.29, 1.82) is 0 Å². The number of aliphatic hydroxyl groups excluding tert-OH is 1. The molecule has 0 bridgehead atoms. The molecule has 0 unspecified atom stereocenters. The molecule has 0 amide bonds. The predicted molar refractivity (Wildman–Crippen MR) is 79.8 cm³/mol. The molecule has 1 aliphatic rings. The van der Waals surface area contributed by atoms with Gasteiger partial charge in [0.15, 0.2) is 0 Å². The molecule has 20 heavy (non-hydrogen) atoms. The predicted octanol–water partition coefficient (Wildman–Crippen LogP) is 1.97. The van der Waals surface area contributed by atoms with E-state index >= 15 is 0 Å². The van der Waals surface area contributed by atoms with Gasteiger partial charge in [0.05, 0.1) is 5.75 Å². The molecule has 0 radical (unpaired) electrons. The van der Waals surface area contributed by atoms with Crippen LogP contribution in [-0.4, -0.2) is 26.7 Å². The van der Waals surface area contributed by atoms with Gasteiger partial charge in [0.25, 0.3) is 0 Å². The molecule has 112 valence electrons. The Kier molecular flexibility index (Phi) is 4.83. The number of hydrogen-bond donors (Lipinski definition) is 2. The highest BCUT2D eigenvalue weighted by atomic mass is 32.2. The standard InChI is InChI=1S/C15H23NO3S/c1-13-5-4-6-14(9-13)10-20(18,19)16-11-15(12-17)7-2-3-8-15/h4-6,9,16-17H,2-3,7-8,10-12H2,1H3. The lowest BCUT2D eigenvalue weighted by molar-refractivity contribution is 0.134. The van der Waals surface area contributed by atoms with Crippen LogP contribution in [0, 0.1) is 12.3 Å². The lowest BCUT2D eigenvalue weighted by atomic mass is 9.88. The van der Waals surface area contributed by atoms with Crippen LogP contribution in [0.2, 0.25) is 0 Å². The van der Waals surface area contributed by atoms with Crippen molar-refractivity contribution >= 4 is 10.0 Å². The molecule has 5 heteroatoms. The zero-order valence-corrected chi connectivity index (χ0v) is 12.7. The zero-order chi connectivity index (χ0) is 14.6. The second-order valence-electron chi connectivity index (χ2n) is 5.93. The Morgan fingerprint density at radius 3 is 2.60 bits per heavy atom. The zero-order valence-electron chi connectivity index (χ0n) is 11.9. The summed E-state index contributed by atoms with van der Waals surface area (Å²) in [5.41, 5.74) is 1.60. The molecule has 0 aromatic heterocycles. The molecule has 1 aromatic carbocycles. The molecule has 2 N–H and O–H groups in total. The van der Waals surface area contributed by atoms with Crippen LogP contribution in [0.25, 0.3) is 0 Å². The van der Waals surface area contributed by atoms with Crippen LogP contribution in [0.3, 0.4) is 0 Å². The van der Waals surface area contributed by atoms with Crippen LogP contribution in [0.5, 0.6) is 0 Å². The van der Waals surface area contributed by atoms with E-state index in [0.717, 1.165) is 36.8 Å². The Bertz CT molecular complexity index is 548. The Hall–Kier alpha value is -0.910. The molecule has 1 saturated carbocycles. The van der Waals surface area contributed by atoms with E-state index in [9.17, 15) is 13.5 Å². The molecule has 4 nitrogen and oxygen atoms in total. The summed E-state index contributed by atoms with van der Waals surface area (Å²) < 4.78 is 26.9. The number of benzene rings is 1. The Morgan fingerprint density at radius 1 is 1.30 bits per heavy atom. The maximum Gasteiger partial charge on any atom is 0.215 e. The van der Waals surface area contributed by atoms with Crippen molar-refractivity contribution in [2.24, 2.45) is 5.41 Å². The number of rotatable bonds is 6. The van der Waals surface area contributed by atoms with Gasteiger partial charge in [-0.3, -0.25) is 0 Å². The van der Waals surface area contributed by atoms with Crippen LogP contribution in [0.15, 0.2) is 24.3 Å². The molecular formula is C15H23NO3S. The monoisotopic (exact) mass is 297 g/mol. The van der Waals surface area contributed by atoms with Crippen LogP contribution in [0.4, 0.5) is 0 Å². The highest BCUT2D eigenvalue weighted by Crippen LogP contribution is 2.37. The average molecular weight is 297 g/mol. The summed E-state index contributed by atoms with van der Waals surface area (Å²) in [7, 11) is -3.35. The summed E-state index contributed by atoms with van der Waals surface area (Å²) >= 11 is 0. The van der Waals surface area contributed by atoms with Crippen LogP contribution in [-0.2, 0) is 15.8 Å². The van der Waals surface area contributed by atoms with Crippen molar-refractivity contribution in [3.63, 3.8) is 0 Å². The van der Waals surface area contributed by atoms with E-state index in [1.165, 1.54) is 0 Å². The first-order valence-corrected chi connectivity index (χ1v) is 8.74. The van der Waals surface area contributed by atoms with Crippen molar-refractivity contribution in [2.45, 2.75) is 38.4 Å². The lowest BCUT2D eigenvalue weighted by Gasteiger charge is -2.26. The number of hydrogen-bond acceptors (Lipinski definition) is 3. The highest BCUT2D eigenvalue weighted by molar-refractivity contribution is 7.88. The Balaban J connectivity index is 1.97. The fraction of sp³-hybridized carbons (Fsp3) is 0.600. The van der Waals surface area contributed by atoms with Crippen LogP contribution in [0.1, 0.15) is 36.8 Å². The number of sulfonamides is 1. The minimum Gasteiger partial charge on any atom is -0.396 e. The minimum absolute atomic E-state index is 0.00378. The van der Waals surface area contributed by atoms with E-state index in [1.807, 2.05) is 31.2 Å². The van der Waals surface area contributed by atoms with Gasteiger partial charge in [-0.2, -0.15) is 0 Å². The average Bonchev–Trinajstić information content (AvgIpc) is 2.86. The topological polar surface area (TPSA) is 66.4 Å². The van der Waals surface area contributed by atoms with Gasteiger partial charge in [0.1, 0.15) is 0 Å². The van der Waals surface area contributed by atoms with Gasteiger partial charge in [0.2, 0.25) is 10.0 Å². The second kappa shape index (κ2) is 6.24. The molecule has 0 atom stereocenters. The van der Waals surface area contributed by atoms with E-state index < -0.39 is 10.0 Å². The van der Waals surface area contributed by atoms with Gasteiger partial charge in [-0.1, -0.05) is 42.7 Å². The minimum atomic E-state index is -3.35. The quantitative estimate of drug-likeness (QED) is 0.843. The van der Waals surface area contributed by atoms with Gasteiger partial charge in [-0.05, 0) is 25.3 Å². The normalized spacial score (nSPS) is 18.3. The SMILES string of the molecule is Cc1cccc(CS(=O)(=O)NCC2(CO)CCCC2)c1. The summed E-state index contributed by atoms with van der Waals surface area (Å²) in [6, 6.07) is 7.52. The highest BCUT2D eigenvalue weighted by Gasteiger charge is 2.34. The van der Waals surface area contributed by atoms with Crippen molar-refractivity contribution in [3.05, 3.63) is 35.4 Å². The van der Waals surface area contributed by atoms with E-state index in [4.69, 9.17) is 0 Å². The fourth-order valence-corrected chi connectivity index (χ4v) is 4.10. The molecule has 1 aromatic rings. The van der Waals surface area contributed by atoms with Crippen molar-refractivity contribution in [2.75, 3.05) is 13.2 Å². The Morgan fingerprint density at radius 2 is 2.00 bits per heavy atom. The number of aryl methyl sites for hydroxylation is 1. The first-order valence-electron chi connectivity index (χ1n) is 7.09. The summed E-state index contributed by atoms with van der Waals surface area (Å²) in [6.45, 7) is 2.35. The van der Waals surface area contributed by atoms with Gasteiger partial charge >= 0.3 is 0 Å². The molecule has 1 fully saturated rings. The van der Waals surface area contributed by atoms with E-state index in [2.05, 4.69) is 4.72 Å². The summed E-state index contributed by atoms with van der Waals surface area (Å²) in [6.07, 6.45) is 3.94. The smallest absolute Gasteiger partial charge is 0.215 e. The summed E-state index contributed by atoms with van der Waals surface area (Å²) in [5.74, 6) is -0.00378. The maximum absolute atomic E-state index is 12.1. The lowest BCUT2D eigenvalue weighted by Crippen LogP contribution is -2.38. The third-order valence-corrected chi connectivity index (χ3v) is 5.40. The van der Waals surface area contributed by atoms with E-state index in [1.54, 1.807) is 0 Å². The third-order valence-electron chi connectivity index (χ3n) is 4.11. The fourth-order valence-electron chi connectivity index (χ4n) is 2.85. The van der Waals surface area contributed by atoms with E-state index in [0.29, 0.717) is 6.54 Å². The van der Waals surface area contributed by atoms with Gasteiger partial charge < -0.3 is 5.11 Å². The first kappa shape index (κ1) is 15.5. The van der Waals surface area contributed by atoms with Crippen LogP contribution < -0.4 is 4.72 Å². The number of nitrogens with one attached hydrogen (secondary N) is 1. The molecule has 0 aliphatic heterocycles. The molecule has 0 spiro atoms.